The second-order valence-electron chi connectivity index (χ2n) is 7.73. The average molecular weight is 530 g/mol. The van der Waals surface area contributed by atoms with Gasteiger partial charge in [0.1, 0.15) is 5.82 Å². The molecule has 0 spiro atoms. The molecule has 1 aromatic rings. The van der Waals surface area contributed by atoms with Gasteiger partial charge in [-0.05, 0) is 44.5 Å². The summed E-state index contributed by atoms with van der Waals surface area (Å²) in [5.74, 6) is 1.87. The number of hydrogen-bond donors (Lipinski definition) is 1. The molecule has 0 aliphatic carbocycles. The minimum absolute atomic E-state index is 0. The van der Waals surface area contributed by atoms with Gasteiger partial charge in [-0.3, -0.25) is 9.79 Å². The van der Waals surface area contributed by atoms with Gasteiger partial charge in [0.05, 0.1) is 12.5 Å². The van der Waals surface area contributed by atoms with E-state index in [-0.39, 0.29) is 35.9 Å². The van der Waals surface area contributed by atoms with Crippen molar-refractivity contribution in [3.63, 3.8) is 0 Å². The molecule has 0 unspecified atom stereocenters. The number of likely N-dealkylation sites (tertiary alicyclic amines) is 1. The molecule has 0 aromatic carbocycles. The lowest BCUT2D eigenvalue weighted by atomic mass is 9.97. The first kappa shape index (κ1) is 24.6. The molecular formula is C21H35IN6O2. The summed E-state index contributed by atoms with van der Waals surface area (Å²) in [5, 5.41) is 3.47. The average Bonchev–Trinajstić information content (AvgIpc) is 2.75. The van der Waals surface area contributed by atoms with Crippen LogP contribution in [0, 0.1) is 5.92 Å². The second-order valence-corrected chi connectivity index (χ2v) is 7.73. The molecule has 0 radical (unpaired) electrons. The Kier molecular flexibility index (Phi) is 10.1. The number of rotatable bonds is 5. The molecule has 1 N–H and O–H groups in total. The lowest BCUT2D eigenvalue weighted by molar-refractivity contribution is -0.149. The standard InChI is InChI=1S/C21H34N6O2.HI/c1-4-29-20(28)18-6-9-27(10-7-18)21(22-2)24-16-17-5-8-23-19(15-17)26-13-11-25(3)12-14-26;/h5,8,15,18H,4,6-7,9-14,16H2,1-3H3,(H,22,24);1H. The Hall–Kier alpha value is -1.62. The fourth-order valence-corrected chi connectivity index (χ4v) is 3.88. The Balaban J connectivity index is 0.00000320. The van der Waals surface area contributed by atoms with Gasteiger partial charge in [0.25, 0.3) is 0 Å². The Morgan fingerprint density at radius 3 is 2.57 bits per heavy atom. The van der Waals surface area contributed by atoms with E-state index in [4.69, 9.17) is 4.74 Å². The predicted molar refractivity (Wildman–Crippen MR) is 130 cm³/mol. The monoisotopic (exact) mass is 530 g/mol. The van der Waals surface area contributed by atoms with Crippen molar-refractivity contribution in [3.05, 3.63) is 23.9 Å². The lowest BCUT2D eigenvalue weighted by Crippen LogP contribution is -2.46. The summed E-state index contributed by atoms with van der Waals surface area (Å²) >= 11 is 0. The van der Waals surface area contributed by atoms with Gasteiger partial charge in [-0.15, -0.1) is 24.0 Å². The highest BCUT2D eigenvalue weighted by molar-refractivity contribution is 14.0. The third-order valence-electron chi connectivity index (χ3n) is 5.71. The van der Waals surface area contributed by atoms with Gasteiger partial charge in [0.2, 0.25) is 0 Å². The first-order valence-corrected chi connectivity index (χ1v) is 10.6. The zero-order valence-electron chi connectivity index (χ0n) is 18.3. The van der Waals surface area contributed by atoms with Crippen LogP contribution in [-0.2, 0) is 16.1 Å². The third kappa shape index (κ3) is 6.69. The van der Waals surface area contributed by atoms with Crippen LogP contribution in [0.1, 0.15) is 25.3 Å². The van der Waals surface area contributed by atoms with Crippen molar-refractivity contribution in [2.75, 3.05) is 64.9 Å². The highest BCUT2D eigenvalue weighted by Gasteiger charge is 2.27. The van der Waals surface area contributed by atoms with Gasteiger partial charge in [0, 0.05) is 59.1 Å². The largest absolute Gasteiger partial charge is 0.466 e. The van der Waals surface area contributed by atoms with Crippen molar-refractivity contribution in [2.24, 2.45) is 10.9 Å². The Morgan fingerprint density at radius 2 is 1.93 bits per heavy atom. The van der Waals surface area contributed by atoms with E-state index < -0.39 is 0 Å². The van der Waals surface area contributed by atoms with E-state index in [2.05, 4.69) is 43.1 Å². The number of halogens is 1. The summed E-state index contributed by atoms with van der Waals surface area (Å²) in [7, 11) is 3.97. The second kappa shape index (κ2) is 12.3. The molecule has 0 bridgehead atoms. The molecule has 2 aliphatic heterocycles. The number of aromatic nitrogens is 1. The van der Waals surface area contributed by atoms with Gasteiger partial charge >= 0.3 is 5.97 Å². The van der Waals surface area contributed by atoms with Crippen LogP contribution in [0.3, 0.4) is 0 Å². The molecule has 3 heterocycles. The zero-order valence-corrected chi connectivity index (χ0v) is 20.7. The molecule has 3 rings (SSSR count). The minimum atomic E-state index is -0.0664. The first-order valence-electron chi connectivity index (χ1n) is 10.6. The van der Waals surface area contributed by atoms with Crippen LogP contribution in [0.25, 0.3) is 0 Å². The van der Waals surface area contributed by atoms with E-state index in [1.807, 2.05) is 26.2 Å². The number of aliphatic imine (C=N–C) groups is 1. The number of ether oxygens (including phenoxy) is 1. The van der Waals surface area contributed by atoms with Crippen molar-refractivity contribution in [1.29, 1.82) is 0 Å². The quantitative estimate of drug-likeness (QED) is 0.270. The fraction of sp³-hybridized carbons (Fsp3) is 0.667. The summed E-state index contributed by atoms with van der Waals surface area (Å²) < 4.78 is 5.16. The van der Waals surface area contributed by atoms with Gasteiger partial charge in [-0.2, -0.15) is 0 Å². The summed E-state index contributed by atoms with van der Waals surface area (Å²) in [6.45, 7) is 8.79. The van der Waals surface area contributed by atoms with Crippen LogP contribution in [0.2, 0.25) is 0 Å². The number of nitrogens with zero attached hydrogens (tertiary/aromatic N) is 5. The molecule has 0 amide bonds. The normalized spacial score (nSPS) is 18.7. The Labute approximate surface area is 197 Å². The molecule has 30 heavy (non-hydrogen) atoms. The fourth-order valence-electron chi connectivity index (χ4n) is 3.88. The molecule has 2 aliphatic rings. The molecule has 1 aromatic heterocycles. The molecule has 9 heteroatoms. The number of esters is 1. The molecule has 168 valence electrons. The van der Waals surface area contributed by atoms with Crippen LogP contribution in [-0.4, -0.2) is 86.7 Å². The van der Waals surface area contributed by atoms with Gasteiger partial charge in [0.15, 0.2) is 5.96 Å². The third-order valence-corrected chi connectivity index (χ3v) is 5.71. The minimum Gasteiger partial charge on any atom is -0.466 e. The topological polar surface area (TPSA) is 73.3 Å². The summed E-state index contributed by atoms with van der Waals surface area (Å²) in [5.41, 5.74) is 1.19. The Morgan fingerprint density at radius 1 is 1.23 bits per heavy atom. The lowest BCUT2D eigenvalue weighted by Gasteiger charge is -2.34. The van der Waals surface area contributed by atoms with Gasteiger partial charge in [-0.25, -0.2) is 4.98 Å². The number of guanidine groups is 1. The van der Waals surface area contributed by atoms with Crippen molar-refractivity contribution in [2.45, 2.75) is 26.3 Å². The highest BCUT2D eigenvalue weighted by Crippen LogP contribution is 2.19. The molecule has 2 saturated heterocycles. The van der Waals surface area contributed by atoms with Crippen LogP contribution in [0.4, 0.5) is 5.82 Å². The van der Waals surface area contributed by atoms with Crippen LogP contribution in [0.15, 0.2) is 23.3 Å². The number of likely N-dealkylation sites (N-methyl/N-ethyl adjacent to an activating group) is 1. The van der Waals surface area contributed by atoms with E-state index >= 15 is 0 Å². The maximum absolute atomic E-state index is 11.9. The van der Waals surface area contributed by atoms with E-state index in [9.17, 15) is 4.79 Å². The summed E-state index contributed by atoms with van der Waals surface area (Å²) in [6, 6.07) is 4.21. The van der Waals surface area contributed by atoms with Crippen molar-refractivity contribution >= 4 is 41.7 Å². The molecule has 8 nitrogen and oxygen atoms in total. The van der Waals surface area contributed by atoms with Gasteiger partial charge in [-0.1, -0.05) is 0 Å². The van der Waals surface area contributed by atoms with E-state index in [0.29, 0.717) is 13.2 Å². The molecular weight excluding hydrogens is 495 g/mol. The number of piperidine rings is 1. The number of carbonyl (C=O) groups excluding carboxylic acids is 1. The number of nitrogens with one attached hydrogen (secondary N) is 1. The van der Waals surface area contributed by atoms with Crippen molar-refractivity contribution < 1.29 is 9.53 Å². The highest BCUT2D eigenvalue weighted by atomic mass is 127. The van der Waals surface area contributed by atoms with E-state index in [1.54, 1.807) is 0 Å². The summed E-state index contributed by atoms with van der Waals surface area (Å²) in [4.78, 5) is 27.8. The van der Waals surface area contributed by atoms with E-state index in [1.165, 1.54) is 5.56 Å². The van der Waals surface area contributed by atoms with Gasteiger partial charge < -0.3 is 24.8 Å². The number of pyridine rings is 1. The molecule has 0 atom stereocenters. The number of carbonyl (C=O) groups is 1. The number of hydrogen-bond acceptors (Lipinski definition) is 6. The maximum Gasteiger partial charge on any atom is 0.309 e. The maximum atomic E-state index is 11.9. The molecule has 0 saturated carbocycles. The number of piperazine rings is 1. The zero-order chi connectivity index (χ0) is 20.6. The summed E-state index contributed by atoms with van der Waals surface area (Å²) in [6.07, 6.45) is 3.50. The number of anilines is 1. The Bertz CT molecular complexity index is 700. The van der Waals surface area contributed by atoms with Crippen LogP contribution in [0.5, 0.6) is 0 Å². The SMILES string of the molecule is CCOC(=O)C1CCN(C(=NC)NCc2ccnc(N3CCN(C)CC3)c2)CC1.I. The smallest absolute Gasteiger partial charge is 0.309 e. The van der Waals surface area contributed by atoms with Crippen molar-refractivity contribution in [3.8, 4) is 0 Å². The molecule has 2 fully saturated rings. The van der Waals surface area contributed by atoms with E-state index in [0.717, 1.165) is 63.9 Å². The predicted octanol–water partition coefficient (Wildman–Crippen LogP) is 1.80. The van der Waals surface area contributed by atoms with Crippen LogP contribution >= 0.6 is 24.0 Å². The first-order chi connectivity index (χ1) is 14.1. The van der Waals surface area contributed by atoms with Crippen LogP contribution < -0.4 is 10.2 Å². The van der Waals surface area contributed by atoms with Crippen molar-refractivity contribution in [1.82, 2.24) is 20.1 Å².